The molecule has 3 nitrogen and oxygen atoms in total. The van der Waals surface area contributed by atoms with Crippen molar-refractivity contribution in [3.05, 3.63) is 23.5 Å². The molecule has 6 heteroatoms. The smallest absolute Gasteiger partial charge is 0.389 e. The molecule has 0 radical (unpaired) electrons. The Kier molecular flexibility index (Phi) is 4.81. The molecule has 0 unspecified atom stereocenters. The summed E-state index contributed by atoms with van der Waals surface area (Å²) in [5.41, 5.74) is 1.04. The molecular weight excluding hydrogens is 247 g/mol. The first-order chi connectivity index (χ1) is 8.35. The van der Waals surface area contributed by atoms with Crippen LogP contribution in [0.2, 0.25) is 0 Å². The first kappa shape index (κ1) is 14.6. The molecule has 0 aliphatic heterocycles. The average molecular weight is 263 g/mol. The first-order valence-electron chi connectivity index (χ1n) is 5.74. The number of esters is 1. The molecule has 1 aromatic heterocycles. The van der Waals surface area contributed by atoms with Crippen LogP contribution < -0.4 is 0 Å². The lowest BCUT2D eigenvalue weighted by Crippen LogP contribution is -2.15. The minimum absolute atomic E-state index is 0.0516. The third-order valence-electron chi connectivity index (χ3n) is 2.49. The lowest BCUT2D eigenvalue weighted by atomic mass is 10.2. The van der Waals surface area contributed by atoms with Gasteiger partial charge in [0.05, 0.1) is 6.61 Å². The van der Waals surface area contributed by atoms with Gasteiger partial charge in [0.15, 0.2) is 0 Å². The average Bonchev–Trinajstić information content (AvgIpc) is 2.58. The molecule has 1 rings (SSSR count). The van der Waals surface area contributed by atoms with E-state index in [1.807, 2.05) is 0 Å². The van der Waals surface area contributed by atoms with Gasteiger partial charge in [-0.1, -0.05) is 0 Å². The Balaban J connectivity index is 2.69. The molecule has 18 heavy (non-hydrogen) atoms. The van der Waals surface area contributed by atoms with Crippen LogP contribution >= 0.6 is 0 Å². The Hall–Kier alpha value is -1.46. The van der Waals surface area contributed by atoms with E-state index in [1.165, 1.54) is 4.57 Å². The van der Waals surface area contributed by atoms with Crippen molar-refractivity contribution in [2.75, 3.05) is 6.61 Å². The number of aryl methyl sites for hydroxylation is 2. The zero-order chi connectivity index (χ0) is 13.8. The molecule has 0 amide bonds. The Morgan fingerprint density at radius 2 is 2.11 bits per heavy atom. The SMILES string of the molecule is CCOC(=O)c1c(C)ccn1CCCC(F)(F)F. The monoisotopic (exact) mass is 263 g/mol. The second-order valence-electron chi connectivity index (χ2n) is 3.98. The molecule has 0 bridgehead atoms. The Morgan fingerprint density at radius 1 is 1.44 bits per heavy atom. The van der Waals surface area contributed by atoms with Gasteiger partial charge in [-0.25, -0.2) is 4.79 Å². The van der Waals surface area contributed by atoms with E-state index in [4.69, 9.17) is 4.74 Å². The lowest BCUT2D eigenvalue weighted by Gasteiger charge is -2.10. The van der Waals surface area contributed by atoms with Gasteiger partial charge in [0.1, 0.15) is 5.69 Å². The van der Waals surface area contributed by atoms with E-state index in [0.717, 1.165) is 0 Å². The van der Waals surface area contributed by atoms with E-state index < -0.39 is 18.6 Å². The highest BCUT2D eigenvalue weighted by Crippen LogP contribution is 2.22. The van der Waals surface area contributed by atoms with Gasteiger partial charge >= 0.3 is 12.1 Å². The number of hydrogen-bond acceptors (Lipinski definition) is 2. The van der Waals surface area contributed by atoms with Gasteiger partial charge in [0.2, 0.25) is 0 Å². The number of ether oxygens (including phenoxy) is 1. The molecule has 102 valence electrons. The summed E-state index contributed by atoms with van der Waals surface area (Å²) < 4.78 is 42.5. The summed E-state index contributed by atoms with van der Waals surface area (Å²) in [5.74, 6) is -0.494. The maximum atomic E-state index is 12.0. The van der Waals surface area contributed by atoms with Crippen molar-refractivity contribution >= 4 is 5.97 Å². The van der Waals surface area contributed by atoms with Gasteiger partial charge in [-0.2, -0.15) is 13.2 Å². The number of hydrogen-bond donors (Lipinski definition) is 0. The highest BCUT2D eigenvalue weighted by Gasteiger charge is 2.26. The molecule has 0 spiro atoms. The third kappa shape index (κ3) is 4.09. The predicted molar refractivity (Wildman–Crippen MR) is 60.4 cm³/mol. The van der Waals surface area contributed by atoms with Gasteiger partial charge < -0.3 is 9.30 Å². The summed E-state index contributed by atoms with van der Waals surface area (Å²) >= 11 is 0. The normalized spacial score (nSPS) is 11.6. The highest BCUT2D eigenvalue weighted by molar-refractivity contribution is 5.89. The molecule has 1 aromatic rings. The van der Waals surface area contributed by atoms with Gasteiger partial charge in [-0.15, -0.1) is 0 Å². The maximum absolute atomic E-state index is 12.0. The number of carbonyl (C=O) groups excluding carboxylic acids is 1. The fraction of sp³-hybridized carbons (Fsp3) is 0.583. The van der Waals surface area contributed by atoms with Crippen molar-refractivity contribution in [1.82, 2.24) is 4.57 Å². The van der Waals surface area contributed by atoms with E-state index in [-0.39, 0.29) is 19.6 Å². The summed E-state index contributed by atoms with van der Waals surface area (Å²) in [5, 5.41) is 0. The molecular formula is C12H16F3NO2. The van der Waals surface area contributed by atoms with Gasteiger partial charge in [0, 0.05) is 19.2 Å². The molecule has 0 aliphatic rings. The van der Waals surface area contributed by atoms with Crippen molar-refractivity contribution in [2.45, 2.75) is 39.4 Å². The van der Waals surface area contributed by atoms with Gasteiger partial charge in [-0.05, 0) is 31.9 Å². The summed E-state index contributed by atoms with van der Waals surface area (Å²) in [6.45, 7) is 3.81. The number of aromatic nitrogens is 1. The first-order valence-corrected chi connectivity index (χ1v) is 5.74. The zero-order valence-electron chi connectivity index (χ0n) is 10.4. The summed E-state index contributed by atoms with van der Waals surface area (Å²) in [7, 11) is 0. The van der Waals surface area contributed by atoms with Crippen molar-refractivity contribution in [3.8, 4) is 0 Å². The van der Waals surface area contributed by atoms with E-state index in [1.54, 1.807) is 26.1 Å². The zero-order valence-corrected chi connectivity index (χ0v) is 10.4. The molecule has 0 fully saturated rings. The maximum Gasteiger partial charge on any atom is 0.389 e. The van der Waals surface area contributed by atoms with Crippen LogP contribution in [0.4, 0.5) is 13.2 Å². The summed E-state index contributed by atoms with van der Waals surface area (Å²) in [6.07, 6.45) is -3.46. The Labute approximate surface area is 104 Å². The topological polar surface area (TPSA) is 31.2 Å². The van der Waals surface area contributed by atoms with Crippen LogP contribution in [0.5, 0.6) is 0 Å². The van der Waals surface area contributed by atoms with Crippen LogP contribution in [-0.4, -0.2) is 23.3 Å². The molecule has 0 atom stereocenters. The fourth-order valence-electron chi connectivity index (χ4n) is 1.70. The van der Waals surface area contributed by atoms with E-state index in [0.29, 0.717) is 11.3 Å². The van der Waals surface area contributed by atoms with E-state index in [2.05, 4.69) is 0 Å². The predicted octanol–water partition coefficient (Wildman–Crippen LogP) is 3.32. The van der Waals surface area contributed by atoms with Crippen LogP contribution in [0.15, 0.2) is 12.3 Å². The van der Waals surface area contributed by atoms with E-state index in [9.17, 15) is 18.0 Å². The van der Waals surface area contributed by atoms with Crippen molar-refractivity contribution in [1.29, 1.82) is 0 Å². The minimum Gasteiger partial charge on any atom is -0.461 e. The minimum atomic E-state index is -4.16. The largest absolute Gasteiger partial charge is 0.461 e. The second-order valence-corrected chi connectivity index (χ2v) is 3.98. The number of carbonyl (C=O) groups is 1. The van der Waals surface area contributed by atoms with Crippen molar-refractivity contribution < 1.29 is 22.7 Å². The Bertz CT molecular complexity index is 410. The van der Waals surface area contributed by atoms with Crippen LogP contribution in [0.25, 0.3) is 0 Å². The van der Waals surface area contributed by atoms with Gasteiger partial charge in [-0.3, -0.25) is 0 Å². The number of halogens is 3. The lowest BCUT2D eigenvalue weighted by molar-refractivity contribution is -0.135. The Morgan fingerprint density at radius 3 is 2.67 bits per heavy atom. The molecule has 0 saturated carbocycles. The van der Waals surface area contributed by atoms with Crippen molar-refractivity contribution in [2.24, 2.45) is 0 Å². The van der Waals surface area contributed by atoms with Crippen LogP contribution in [0.1, 0.15) is 35.8 Å². The quantitative estimate of drug-likeness (QED) is 0.763. The molecule has 0 N–H and O–H groups in total. The van der Waals surface area contributed by atoms with E-state index >= 15 is 0 Å². The van der Waals surface area contributed by atoms with Crippen LogP contribution in [0, 0.1) is 6.92 Å². The number of rotatable bonds is 5. The van der Waals surface area contributed by atoms with Crippen LogP contribution in [-0.2, 0) is 11.3 Å². The molecule has 0 saturated heterocycles. The second kappa shape index (κ2) is 5.93. The molecule has 1 heterocycles. The number of alkyl halides is 3. The van der Waals surface area contributed by atoms with Crippen LogP contribution in [0.3, 0.4) is 0 Å². The summed E-state index contributed by atoms with van der Waals surface area (Å²) in [4.78, 5) is 11.6. The van der Waals surface area contributed by atoms with Gasteiger partial charge in [0.25, 0.3) is 0 Å². The number of nitrogens with zero attached hydrogens (tertiary/aromatic N) is 1. The molecule has 0 aromatic carbocycles. The highest BCUT2D eigenvalue weighted by atomic mass is 19.4. The third-order valence-corrected chi connectivity index (χ3v) is 2.49. The summed E-state index contributed by atoms with van der Waals surface area (Å²) in [6, 6.07) is 1.69. The fourth-order valence-corrected chi connectivity index (χ4v) is 1.70. The van der Waals surface area contributed by atoms with Crippen molar-refractivity contribution in [3.63, 3.8) is 0 Å². The standard InChI is InChI=1S/C12H16F3NO2/c1-3-18-11(17)10-9(2)5-8-16(10)7-4-6-12(13,14)15/h5,8H,3-4,6-7H2,1-2H3. The molecule has 0 aliphatic carbocycles.